The number of halogens is 1. The SMILES string of the molecule is CC(=O)n1c(O)cc2ccc(Cl)cc21. The van der Waals surface area contributed by atoms with Crippen molar-refractivity contribution in [3.05, 3.63) is 29.3 Å². The molecular weight excluding hydrogens is 202 g/mol. The summed E-state index contributed by atoms with van der Waals surface area (Å²) >= 11 is 5.80. The van der Waals surface area contributed by atoms with Gasteiger partial charge in [0, 0.05) is 23.4 Å². The lowest BCUT2D eigenvalue weighted by molar-refractivity contribution is 0.0933. The van der Waals surface area contributed by atoms with Gasteiger partial charge in [-0.1, -0.05) is 17.7 Å². The number of rotatable bonds is 0. The number of carbonyl (C=O) groups is 1. The third-order valence-electron chi connectivity index (χ3n) is 2.06. The molecule has 1 N–H and O–H groups in total. The lowest BCUT2D eigenvalue weighted by atomic mass is 10.2. The Bertz CT molecular complexity index is 516. The number of benzene rings is 1. The predicted octanol–water partition coefficient (Wildman–Crippen LogP) is 2.66. The van der Waals surface area contributed by atoms with E-state index >= 15 is 0 Å². The molecular formula is C10H8ClNO2. The quantitative estimate of drug-likeness (QED) is 0.725. The Labute approximate surface area is 85.5 Å². The van der Waals surface area contributed by atoms with Crippen molar-refractivity contribution in [2.45, 2.75) is 6.92 Å². The van der Waals surface area contributed by atoms with Crippen molar-refractivity contribution < 1.29 is 9.90 Å². The first kappa shape index (κ1) is 9.09. The van der Waals surface area contributed by atoms with E-state index in [-0.39, 0.29) is 11.8 Å². The summed E-state index contributed by atoms with van der Waals surface area (Å²) in [5.74, 6) is -0.297. The van der Waals surface area contributed by atoms with E-state index in [2.05, 4.69) is 0 Å². The van der Waals surface area contributed by atoms with E-state index in [1.807, 2.05) is 0 Å². The number of aromatic nitrogens is 1. The number of aromatic hydroxyl groups is 1. The Morgan fingerprint density at radius 1 is 1.43 bits per heavy atom. The van der Waals surface area contributed by atoms with Gasteiger partial charge in [0.15, 0.2) is 5.88 Å². The molecule has 0 bridgehead atoms. The average Bonchev–Trinajstić information content (AvgIpc) is 2.40. The molecule has 2 aromatic rings. The van der Waals surface area contributed by atoms with Crippen molar-refractivity contribution in [3.63, 3.8) is 0 Å². The summed E-state index contributed by atoms with van der Waals surface area (Å²) in [4.78, 5) is 11.2. The molecule has 0 aliphatic carbocycles. The summed E-state index contributed by atoms with van der Waals surface area (Å²) in [5.41, 5.74) is 0.627. The lowest BCUT2D eigenvalue weighted by Gasteiger charge is -2.00. The molecule has 1 heterocycles. The van der Waals surface area contributed by atoms with E-state index in [1.54, 1.807) is 18.2 Å². The maximum atomic E-state index is 11.2. The minimum Gasteiger partial charge on any atom is -0.494 e. The first-order chi connectivity index (χ1) is 6.59. The van der Waals surface area contributed by atoms with Crippen molar-refractivity contribution in [1.82, 2.24) is 4.57 Å². The normalized spacial score (nSPS) is 10.7. The molecule has 0 aliphatic heterocycles. The molecule has 14 heavy (non-hydrogen) atoms. The third kappa shape index (κ3) is 1.26. The van der Waals surface area contributed by atoms with Gasteiger partial charge in [-0.05, 0) is 12.1 Å². The van der Waals surface area contributed by atoms with Crippen molar-refractivity contribution in [2.75, 3.05) is 0 Å². The van der Waals surface area contributed by atoms with Crippen molar-refractivity contribution in [3.8, 4) is 5.88 Å². The number of carbonyl (C=O) groups excluding carboxylic acids is 1. The molecule has 0 spiro atoms. The molecule has 0 aliphatic rings. The Hall–Kier alpha value is -1.48. The van der Waals surface area contributed by atoms with Gasteiger partial charge < -0.3 is 5.11 Å². The van der Waals surface area contributed by atoms with E-state index in [4.69, 9.17) is 11.6 Å². The first-order valence-electron chi connectivity index (χ1n) is 4.10. The summed E-state index contributed by atoms with van der Waals surface area (Å²) < 4.78 is 1.22. The molecule has 1 aromatic carbocycles. The zero-order valence-electron chi connectivity index (χ0n) is 7.49. The zero-order valence-corrected chi connectivity index (χ0v) is 8.25. The van der Waals surface area contributed by atoms with Crippen LogP contribution in [0.15, 0.2) is 24.3 Å². The van der Waals surface area contributed by atoms with Crippen LogP contribution in [0.4, 0.5) is 0 Å². The largest absolute Gasteiger partial charge is 0.494 e. The highest BCUT2D eigenvalue weighted by molar-refractivity contribution is 6.31. The van der Waals surface area contributed by atoms with Crippen molar-refractivity contribution in [1.29, 1.82) is 0 Å². The first-order valence-corrected chi connectivity index (χ1v) is 4.48. The molecule has 0 fully saturated rings. The highest BCUT2D eigenvalue weighted by Gasteiger charge is 2.10. The monoisotopic (exact) mass is 209 g/mol. The van der Waals surface area contributed by atoms with Gasteiger partial charge >= 0.3 is 0 Å². The highest BCUT2D eigenvalue weighted by atomic mass is 35.5. The van der Waals surface area contributed by atoms with Crippen LogP contribution in [-0.2, 0) is 0 Å². The van der Waals surface area contributed by atoms with Crippen molar-refractivity contribution >= 4 is 28.4 Å². The maximum Gasteiger partial charge on any atom is 0.230 e. The second-order valence-corrected chi connectivity index (χ2v) is 3.50. The van der Waals surface area contributed by atoms with Crippen molar-refractivity contribution in [2.24, 2.45) is 0 Å². The molecule has 0 saturated carbocycles. The van der Waals surface area contributed by atoms with Crippen LogP contribution < -0.4 is 0 Å². The van der Waals surface area contributed by atoms with Crippen LogP contribution in [0.3, 0.4) is 0 Å². The molecule has 3 nitrogen and oxygen atoms in total. The maximum absolute atomic E-state index is 11.2. The van der Waals surface area contributed by atoms with Crippen LogP contribution in [-0.4, -0.2) is 15.6 Å². The van der Waals surface area contributed by atoms with Crippen LogP contribution in [0.2, 0.25) is 5.02 Å². The second-order valence-electron chi connectivity index (χ2n) is 3.06. The summed E-state index contributed by atoms with van der Waals surface area (Å²) in [5, 5.41) is 10.8. The van der Waals surface area contributed by atoms with Crippen LogP contribution >= 0.6 is 11.6 Å². The van der Waals surface area contributed by atoms with Crippen LogP contribution in [0.1, 0.15) is 11.7 Å². The predicted molar refractivity (Wildman–Crippen MR) is 54.9 cm³/mol. The molecule has 0 amide bonds. The minimum absolute atomic E-state index is 0.0604. The Morgan fingerprint density at radius 2 is 2.14 bits per heavy atom. The van der Waals surface area contributed by atoms with E-state index < -0.39 is 0 Å². The molecule has 0 unspecified atom stereocenters. The summed E-state index contributed by atoms with van der Waals surface area (Å²) in [7, 11) is 0. The molecule has 2 rings (SSSR count). The molecule has 0 radical (unpaired) electrons. The second kappa shape index (κ2) is 3.03. The third-order valence-corrected chi connectivity index (χ3v) is 2.30. The van der Waals surface area contributed by atoms with Crippen LogP contribution in [0.25, 0.3) is 10.9 Å². The fourth-order valence-corrected chi connectivity index (χ4v) is 1.66. The fraction of sp³-hybridized carbons (Fsp3) is 0.100. The van der Waals surface area contributed by atoms with Crippen LogP contribution in [0.5, 0.6) is 5.88 Å². The van der Waals surface area contributed by atoms with Gasteiger partial charge in [-0.3, -0.25) is 9.36 Å². The van der Waals surface area contributed by atoms with Gasteiger partial charge in [0.05, 0.1) is 5.52 Å². The number of hydrogen-bond donors (Lipinski definition) is 1. The fourth-order valence-electron chi connectivity index (χ4n) is 1.49. The minimum atomic E-state index is -0.236. The van der Waals surface area contributed by atoms with Gasteiger partial charge in [0.25, 0.3) is 0 Å². The van der Waals surface area contributed by atoms with Gasteiger partial charge in [-0.15, -0.1) is 0 Å². The highest BCUT2D eigenvalue weighted by Crippen LogP contribution is 2.26. The molecule has 0 atom stereocenters. The number of fused-ring (bicyclic) bond motifs is 1. The molecule has 1 aromatic heterocycles. The van der Waals surface area contributed by atoms with Crippen LogP contribution in [0, 0.1) is 0 Å². The average molecular weight is 210 g/mol. The molecule has 0 saturated heterocycles. The Balaban J connectivity index is 2.86. The summed E-state index contributed by atoms with van der Waals surface area (Å²) in [6.07, 6.45) is 0. The smallest absolute Gasteiger partial charge is 0.230 e. The number of hydrogen-bond acceptors (Lipinski definition) is 2. The summed E-state index contributed by atoms with van der Waals surface area (Å²) in [6.45, 7) is 1.39. The van der Waals surface area contributed by atoms with Gasteiger partial charge in [0.2, 0.25) is 5.91 Å². The lowest BCUT2D eigenvalue weighted by Crippen LogP contribution is -2.03. The Morgan fingerprint density at radius 3 is 2.79 bits per heavy atom. The topological polar surface area (TPSA) is 42.2 Å². The Kier molecular flexibility index (Phi) is 1.97. The van der Waals surface area contributed by atoms with E-state index in [9.17, 15) is 9.90 Å². The summed E-state index contributed by atoms with van der Waals surface area (Å²) in [6, 6.07) is 6.66. The van der Waals surface area contributed by atoms with Gasteiger partial charge in [-0.2, -0.15) is 0 Å². The standard InChI is InChI=1S/C10H8ClNO2/c1-6(13)12-9-5-8(11)3-2-7(9)4-10(12)14/h2-5,14H,1H3. The number of nitrogens with zero attached hydrogens (tertiary/aromatic N) is 1. The van der Waals surface area contributed by atoms with E-state index in [0.717, 1.165) is 5.39 Å². The van der Waals surface area contributed by atoms with E-state index in [1.165, 1.54) is 17.6 Å². The molecule has 72 valence electrons. The van der Waals surface area contributed by atoms with Gasteiger partial charge in [0.1, 0.15) is 0 Å². The van der Waals surface area contributed by atoms with E-state index in [0.29, 0.717) is 10.5 Å². The van der Waals surface area contributed by atoms with Gasteiger partial charge in [-0.25, -0.2) is 0 Å². The molecule has 4 heteroatoms. The zero-order chi connectivity index (χ0) is 10.3.